The van der Waals surface area contributed by atoms with Crippen molar-refractivity contribution in [1.29, 1.82) is 0 Å². The Morgan fingerprint density at radius 2 is 2.03 bits per heavy atom. The van der Waals surface area contributed by atoms with E-state index >= 15 is 0 Å². The fraction of sp³-hybridized carbons (Fsp3) is 0.571. The van der Waals surface area contributed by atoms with E-state index in [9.17, 15) is 14.4 Å². The predicted molar refractivity (Wildman–Crippen MR) is 106 cm³/mol. The molecule has 29 heavy (non-hydrogen) atoms. The molecule has 0 bridgehead atoms. The number of nitrogens with two attached hydrogens (primary N) is 1. The van der Waals surface area contributed by atoms with Crippen molar-refractivity contribution in [2.24, 2.45) is 11.1 Å². The maximum atomic E-state index is 13.1. The molecule has 3 heterocycles. The SMILES string of the molecule is NCC1(CNCc2cccc3c2C(=O)N(C2CCC(=O)NC2=O)C3)CCOCC1. The molecular formula is C21H28N4O4. The van der Waals surface area contributed by atoms with Crippen LogP contribution in [0.2, 0.25) is 0 Å². The molecule has 4 rings (SSSR count). The number of piperidine rings is 1. The van der Waals surface area contributed by atoms with E-state index in [1.807, 2.05) is 18.2 Å². The lowest BCUT2D eigenvalue weighted by atomic mass is 9.80. The van der Waals surface area contributed by atoms with E-state index in [1.165, 1.54) is 0 Å². The van der Waals surface area contributed by atoms with Gasteiger partial charge < -0.3 is 20.7 Å². The van der Waals surface area contributed by atoms with Crippen LogP contribution >= 0.6 is 0 Å². The number of nitrogens with zero attached hydrogens (tertiary/aromatic N) is 1. The van der Waals surface area contributed by atoms with E-state index in [0.29, 0.717) is 31.6 Å². The van der Waals surface area contributed by atoms with Gasteiger partial charge in [0, 0.05) is 44.8 Å². The first-order chi connectivity index (χ1) is 14.0. The average Bonchev–Trinajstić information content (AvgIpc) is 3.06. The molecule has 8 heteroatoms. The van der Waals surface area contributed by atoms with Crippen molar-refractivity contribution in [1.82, 2.24) is 15.5 Å². The highest BCUT2D eigenvalue weighted by Crippen LogP contribution is 2.31. The molecule has 2 saturated heterocycles. The van der Waals surface area contributed by atoms with Gasteiger partial charge in [-0.05, 0) is 42.3 Å². The number of benzene rings is 1. The Labute approximate surface area is 170 Å². The molecule has 0 radical (unpaired) electrons. The van der Waals surface area contributed by atoms with Crippen LogP contribution in [0.4, 0.5) is 0 Å². The molecular weight excluding hydrogens is 372 g/mol. The second kappa shape index (κ2) is 8.22. The smallest absolute Gasteiger partial charge is 0.255 e. The summed E-state index contributed by atoms with van der Waals surface area (Å²) in [5, 5.41) is 5.84. The summed E-state index contributed by atoms with van der Waals surface area (Å²) in [7, 11) is 0. The molecule has 0 saturated carbocycles. The van der Waals surface area contributed by atoms with Gasteiger partial charge in [0.2, 0.25) is 11.8 Å². The Morgan fingerprint density at radius 1 is 1.24 bits per heavy atom. The van der Waals surface area contributed by atoms with E-state index in [1.54, 1.807) is 4.90 Å². The number of ether oxygens (including phenoxy) is 1. The first-order valence-electron chi connectivity index (χ1n) is 10.3. The quantitative estimate of drug-likeness (QED) is 0.592. The van der Waals surface area contributed by atoms with E-state index in [2.05, 4.69) is 10.6 Å². The average molecular weight is 400 g/mol. The fourth-order valence-electron chi connectivity index (χ4n) is 4.56. The predicted octanol–water partition coefficient (Wildman–Crippen LogP) is 0.293. The number of carbonyl (C=O) groups is 3. The third-order valence-electron chi connectivity index (χ3n) is 6.44. The van der Waals surface area contributed by atoms with E-state index in [4.69, 9.17) is 10.5 Å². The Balaban J connectivity index is 1.45. The number of fused-ring (bicyclic) bond motifs is 1. The van der Waals surface area contributed by atoms with Gasteiger partial charge in [-0.15, -0.1) is 0 Å². The molecule has 3 aliphatic heterocycles. The minimum atomic E-state index is -0.587. The van der Waals surface area contributed by atoms with Crippen LogP contribution in [-0.4, -0.2) is 55.0 Å². The van der Waals surface area contributed by atoms with E-state index in [-0.39, 0.29) is 29.6 Å². The van der Waals surface area contributed by atoms with Crippen LogP contribution in [0, 0.1) is 5.41 Å². The topological polar surface area (TPSA) is 114 Å². The zero-order valence-electron chi connectivity index (χ0n) is 16.5. The molecule has 0 aromatic heterocycles. The van der Waals surface area contributed by atoms with E-state index in [0.717, 1.165) is 43.7 Å². The highest BCUT2D eigenvalue weighted by molar-refractivity contribution is 6.05. The van der Waals surface area contributed by atoms with Crippen molar-refractivity contribution >= 4 is 17.7 Å². The monoisotopic (exact) mass is 400 g/mol. The fourth-order valence-corrected chi connectivity index (χ4v) is 4.56. The van der Waals surface area contributed by atoms with Gasteiger partial charge in [0.1, 0.15) is 6.04 Å². The van der Waals surface area contributed by atoms with Crippen LogP contribution in [0.25, 0.3) is 0 Å². The van der Waals surface area contributed by atoms with Gasteiger partial charge in [-0.1, -0.05) is 18.2 Å². The molecule has 2 fully saturated rings. The van der Waals surface area contributed by atoms with Crippen LogP contribution in [0.3, 0.4) is 0 Å². The molecule has 1 aromatic carbocycles. The molecule has 0 aliphatic carbocycles. The number of carbonyl (C=O) groups excluding carboxylic acids is 3. The minimum Gasteiger partial charge on any atom is -0.381 e. The largest absolute Gasteiger partial charge is 0.381 e. The van der Waals surface area contributed by atoms with Crippen molar-refractivity contribution in [3.63, 3.8) is 0 Å². The van der Waals surface area contributed by atoms with Crippen LogP contribution < -0.4 is 16.4 Å². The number of amides is 3. The van der Waals surface area contributed by atoms with Crippen molar-refractivity contribution in [2.45, 2.75) is 44.8 Å². The van der Waals surface area contributed by atoms with Gasteiger partial charge >= 0.3 is 0 Å². The molecule has 3 amide bonds. The maximum absolute atomic E-state index is 13.1. The van der Waals surface area contributed by atoms with Gasteiger partial charge in [-0.2, -0.15) is 0 Å². The van der Waals surface area contributed by atoms with Gasteiger partial charge in [-0.3, -0.25) is 19.7 Å². The molecule has 3 aliphatic rings. The summed E-state index contributed by atoms with van der Waals surface area (Å²) in [4.78, 5) is 38.4. The highest BCUT2D eigenvalue weighted by atomic mass is 16.5. The van der Waals surface area contributed by atoms with Gasteiger partial charge in [0.25, 0.3) is 5.91 Å². The molecule has 0 spiro atoms. The third-order valence-corrected chi connectivity index (χ3v) is 6.44. The lowest BCUT2D eigenvalue weighted by molar-refractivity contribution is -0.136. The van der Waals surface area contributed by atoms with E-state index < -0.39 is 6.04 Å². The van der Waals surface area contributed by atoms with Crippen LogP contribution in [0.5, 0.6) is 0 Å². The molecule has 8 nitrogen and oxygen atoms in total. The Morgan fingerprint density at radius 3 is 2.76 bits per heavy atom. The zero-order chi connectivity index (χ0) is 20.4. The normalized spacial score (nSPS) is 23.8. The van der Waals surface area contributed by atoms with Crippen molar-refractivity contribution in [3.8, 4) is 0 Å². The molecule has 1 unspecified atom stereocenters. The zero-order valence-corrected chi connectivity index (χ0v) is 16.5. The number of imide groups is 1. The summed E-state index contributed by atoms with van der Waals surface area (Å²) >= 11 is 0. The molecule has 156 valence electrons. The lowest BCUT2D eigenvalue weighted by Crippen LogP contribution is -2.52. The summed E-state index contributed by atoms with van der Waals surface area (Å²) in [6.07, 6.45) is 2.51. The second-order valence-electron chi connectivity index (χ2n) is 8.27. The van der Waals surface area contributed by atoms with Gasteiger partial charge in [0.15, 0.2) is 0 Å². The van der Waals surface area contributed by atoms with Crippen LogP contribution in [0.15, 0.2) is 18.2 Å². The highest BCUT2D eigenvalue weighted by Gasteiger charge is 2.40. The summed E-state index contributed by atoms with van der Waals surface area (Å²) in [5.41, 5.74) is 8.62. The number of hydrogen-bond acceptors (Lipinski definition) is 6. The second-order valence-corrected chi connectivity index (χ2v) is 8.27. The third kappa shape index (κ3) is 3.92. The van der Waals surface area contributed by atoms with Gasteiger partial charge in [0.05, 0.1) is 0 Å². The Bertz CT molecular complexity index is 819. The first kappa shape index (κ1) is 20.0. The summed E-state index contributed by atoms with van der Waals surface area (Å²) in [5.74, 6) is -0.791. The summed E-state index contributed by atoms with van der Waals surface area (Å²) in [6.45, 7) is 3.83. The molecule has 1 aromatic rings. The van der Waals surface area contributed by atoms with Crippen molar-refractivity contribution in [3.05, 3.63) is 34.9 Å². The number of hydrogen-bond donors (Lipinski definition) is 3. The minimum absolute atomic E-state index is 0.0406. The summed E-state index contributed by atoms with van der Waals surface area (Å²) in [6, 6.07) is 5.25. The maximum Gasteiger partial charge on any atom is 0.255 e. The Hall–Kier alpha value is -2.29. The van der Waals surface area contributed by atoms with Crippen molar-refractivity contribution < 1.29 is 19.1 Å². The van der Waals surface area contributed by atoms with Gasteiger partial charge in [-0.25, -0.2) is 0 Å². The Kier molecular flexibility index (Phi) is 5.67. The number of rotatable bonds is 6. The number of nitrogens with one attached hydrogen (secondary N) is 2. The van der Waals surface area contributed by atoms with Crippen molar-refractivity contribution in [2.75, 3.05) is 26.3 Å². The molecule has 4 N–H and O–H groups in total. The van der Waals surface area contributed by atoms with Crippen LogP contribution in [-0.2, 0) is 27.4 Å². The lowest BCUT2D eigenvalue weighted by Gasteiger charge is -2.36. The summed E-state index contributed by atoms with van der Waals surface area (Å²) < 4.78 is 5.46. The first-order valence-corrected chi connectivity index (χ1v) is 10.3. The van der Waals surface area contributed by atoms with Crippen LogP contribution in [0.1, 0.15) is 47.2 Å². The standard InChI is InChI=1S/C21H28N4O4/c22-12-21(6-8-29-9-7-21)13-23-10-14-2-1-3-15-11-25(20(28)18(14)15)16-4-5-17(26)24-19(16)27/h1-3,16,23H,4-13,22H2,(H,24,26,27). The molecule has 1 atom stereocenters.